The van der Waals surface area contributed by atoms with Gasteiger partial charge in [0.15, 0.2) is 12.3 Å². The Balaban J connectivity index is 1.38. The van der Waals surface area contributed by atoms with Gasteiger partial charge in [-0.15, -0.1) is 0 Å². The summed E-state index contributed by atoms with van der Waals surface area (Å²) in [5.74, 6) is -4.84. The maximum absolute atomic E-state index is 14.0. The molecule has 0 radical (unpaired) electrons. The summed E-state index contributed by atoms with van der Waals surface area (Å²) in [5, 5.41) is 9.86. The molecule has 2 aliphatic rings. The number of carbonyl (C=O) groups is 2. The van der Waals surface area contributed by atoms with E-state index in [0.717, 1.165) is 12.8 Å². The van der Waals surface area contributed by atoms with E-state index in [4.69, 9.17) is 4.74 Å². The first-order valence-electron chi connectivity index (χ1n) is 14.5. The van der Waals surface area contributed by atoms with Gasteiger partial charge in [-0.25, -0.2) is 32.0 Å². The molecule has 0 saturated heterocycles. The summed E-state index contributed by atoms with van der Waals surface area (Å²) in [6, 6.07) is 4.32. The van der Waals surface area contributed by atoms with E-state index in [1.165, 1.54) is 28.9 Å². The van der Waals surface area contributed by atoms with Crippen LogP contribution in [-0.4, -0.2) is 56.5 Å². The smallest absolute Gasteiger partial charge is 0.389 e. The van der Waals surface area contributed by atoms with Crippen molar-refractivity contribution in [3.63, 3.8) is 0 Å². The normalized spacial score (nSPS) is 18.5. The number of halogens is 7. The summed E-state index contributed by atoms with van der Waals surface area (Å²) < 4.78 is 97.3. The molecule has 0 spiro atoms. The Bertz CT molecular complexity index is 1500. The van der Waals surface area contributed by atoms with Crippen molar-refractivity contribution in [2.45, 2.75) is 82.0 Å². The van der Waals surface area contributed by atoms with Crippen LogP contribution in [0.15, 0.2) is 36.7 Å². The summed E-state index contributed by atoms with van der Waals surface area (Å²) >= 11 is 0. The molecule has 3 aromatic heterocycles. The van der Waals surface area contributed by atoms with Gasteiger partial charge in [0.1, 0.15) is 5.69 Å². The molecule has 0 aliphatic heterocycles. The molecule has 3 heterocycles. The van der Waals surface area contributed by atoms with Crippen molar-refractivity contribution in [2.75, 3.05) is 6.61 Å². The lowest BCUT2D eigenvalue weighted by Gasteiger charge is -2.33. The molecular weight excluding hydrogens is 613 g/mol. The zero-order valence-electron chi connectivity index (χ0n) is 23.9. The van der Waals surface area contributed by atoms with Crippen LogP contribution in [0.3, 0.4) is 0 Å². The first-order chi connectivity index (χ1) is 21.3. The maximum atomic E-state index is 14.0. The van der Waals surface area contributed by atoms with E-state index in [2.05, 4.69) is 25.7 Å². The summed E-state index contributed by atoms with van der Waals surface area (Å²) in [5.41, 5.74) is 1.06. The highest BCUT2D eigenvalue weighted by atomic mass is 19.4. The number of nitrogens with zero attached hydrogens (tertiary/aromatic N) is 4. The number of hydrogen-bond donors (Lipinski definition) is 2. The molecule has 45 heavy (non-hydrogen) atoms. The second-order valence-corrected chi connectivity index (χ2v) is 11.5. The SMILES string of the molecule is O=C(CCC(F)(F)F)NC(c1cnn2cc([C@@H](NC(=O)c3cccc(OCC(F)F)n3)C3CCC(F)(F)CC3)nc2c1)C1CC1. The van der Waals surface area contributed by atoms with Crippen molar-refractivity contribution in [3.05, 3.63) is 53.6 Å². The highest BCUT2D eigenvalue weighted by Gasteiger charge is 2.40. The Hall–Kier alpha value is -3.98. The number of rotatable bonds is 12. The number of fused-ring (bicyclic) bond motifs is 1. The quantitative estimate of drug-likeness (QED) is 0.235. The van der Waals surface area contributed by atoms with Gasteiger partial charge in [-0.1, -0.05) is 6.07 Å². The third kappa shape index (κ3) is 8.81. The van der Waals surface area contributed by atoms with Gasteiger partial charge in [0.25, 0.3) is 12.3 Å². The van der Waals surface area contributed by atoms with E-state index in [-0.39, 0.29) is 43.2 Å². The molecule has 1 unspecified atom stereocenters. The van der Waals surface area contributed by atoms with E-state index >= 15 is 0 Å². The average molecular weight is 645 g/mol. The van der Waals surface area contributed by atoms with E-state index in [1.807, 2.05) is 0 Å². The number of ether oxygens (including phenoxy) is 1. The van der Waals surface area contributed by atoms with Crippen molar-refractivity contribution in [1.82, 2.24) is 30.2 Å². The molecule has 0 bridgehead atoms. The molecule has 2 N–H and O–H groups in total. The Morgan fingerprint density at radius 2 is 1.73 bits per heavy atom. The molecule has 9 nitrogen and oxygen atoms in total. The van der Waals surface area contributed by atoms with Gasteiger partial charge >= 0.3 is 6.18 Å². The highest BCUT2D eigenvalue weighted by Crippen LogP contribution is 2.43. The number of amides is 2. The van der Waals surface area contributed by atoms with Crippen LogP contribution in [0.4, 0.5) is 30.7 Å². The summed E-state index contributed by atoms with van der Waals surface area (Å²) in [4.78, 5) is 34.2. The predicted molar refractivity (Wildman–Crippen MR) is 145 cm³/mol. The molecule has 0 aromatic carbocycles. The molecule has 2 aliphatic carbocycles. The lowest BCUT2D eigenvalue weighted by Crippen LogP contribution is -2.37. The zero-order chi connectivity index (χ0) is 32.4. The lowest BCUT2D eigenvalue weighted by molar-refractivity contribution is -0.144. The summed E-state index contributed by atoms with van der Waals surface area (Å²) in [7, 11) is 0. The Morgan fingerprint density at radius 1 is 1.02 bits per heavy atom. The van der Waals surface area contributed by atoms with Crippen molar-refractivity contribution < 1.29 is 45.1 Å². The Morgan fingerprint density at radius 3 is 2.40 bits per heavy atom. The fourth-order valence-electron chi connectivity index (χ4n) is 5.45. The van der Waals surface area contributed by atoms with E-state index < -0.39 is 67.8 Å². The lowest BCUT2D eigenvalue weighted by atomic mass is 9.81. The number of alkyl halides is 7. The summed E-state index contributed by atoms with van der Waals surface area (Å²) in [6.45, 7) is -0.911. The van der Waals surface area contributed by atoms with Crippen LogP contribution in [-0.2, 0) is 4.79 Å². The topological polar surface area (TPSA) is 111 Å². The third-order valence-electron chi connectivity index (χ3n) is 7.92. The molecule has 2 amide bonds. The standard InChI is InChI=1S/C29H31F7N6O3/c30-21(31)15-45-24-3-1-2-19(39-24)27(44)41-26(17-6-9-28(32,33)10-7-17)20-14-42-22(38-20)12-18(13-37-42)25(16-4-5-16)40-23(43)8-11-29(34,35)36/h1-3,12-14,16-17,21,25-26H,4-11,15H2,(H,40,43)(H,41,44)/t25?,26-/m0/s1. The van der Waals surface area contributed by atoms with E-state index in [1.54, 1.807) is 12.3 Å². The molecule has 16 heteroatoms. The second-order valence-electron chi connectivity index (χ2n) is 11.5. The van der Waals surface area contributed by atoms with Crippen molar-refractivity contribution in [3.8, 4) is 5.88 Å². The molecule has 3 aromatic rings. The van der Waals surface area contributed by atoms with Gasteiger partial charge in [-0.05, 0) is 55.2 Å². The molecule has 5 rings (SSSR count). The number of hydrogen-bond acceptors (Lipinski definition) is 6. The van der Waals surface area contributed by atoms with Gasteiger partial charge in [0.05, 0.1) is 36.6 Å². The number of nitrogens with one attached hydrogen (secondary N) is 2. The van der Waals surface area contributed by atoms with Crippen molar-refractivity contribution in [1.29, 1.82) is 0 Å². The molecule has 244 valence electrons. The fourth-order valence-corrected chi connectivity index (χ4v) is 5.45. The highest BCUT2D eigenvalue weighted by molar-refractivity contribution is 5.92. The monoisotopic (exact) mass is 644 g/mol. The zero-order valence-corrected chi connectivity index (χ0v) is 23.9. The predicted octanol–water partition coefficient (Wildman–Crippen LogP) is 5.97. The van der Waals surface area contributed by atoms with Crippen molar-refractivity contribution >= 4 is 17.5 Å². The van der Waals surface area contributed by atoms with Crippen molar-refractivity contribution in [2.24, 2.45) is 11.8 Å². The van der Waals surface area contributed by atoms with E-state index in [0.29, 0.717) is 16.9 Å². The number of aromatic nitrogens is 4. The van der Waals surface area contributed by atoms with Gasteiger partial charge in [0.2, 0.25) is 17.7 Å². The fraction of sp³-hybridized carbons (Fsp3) is 0.552. The van der Waals surface area contributed by atoms with Crippen LogP contribution in [0.1, 0.15) is 85.2 Å². The van der Waals surface area contributed by atoms with Crippen LogP contribution < -0.4 is 15.4 Å². The Kier molecular flexibility index (Phi) is 9.49. The largest absolute Gasteiger partial charge is 0.472 e. The average Bonchev–Trinajstić information content (AvgIpc) is 3.74. The summed E-state index contributed by atoms with van der Waals surface area (Å²) in [6.07, 6.45) is -5.16. The van der Waals surface area contributed by atoms with Crippen LogP contribution in [0.25, 0.3) is 5.65 Å². The van der Waals surface area contributed by atoms with Gasteiger partial charge < -0.3 is 15.4 Å². The van der Waals surface area contributed by atoms with Crippen LogP contribution in [0.5, 0.6) is 5.88 Å². The van der Waals surface area contributed by atoms with Gasteiger partial charge in [0, 0.05) is 25.3 Å². The minimum absolute atomic E-state index is 0.0300. The van der Waals surface area contributed by atoms with Gasteiger partial charge in [-0.3, -0.25) is 9.59 Å². The van der Waals surface area contributed by atoms with Crippen LogP contribution >= 0.6 is 0 Å². The Labute approximate surface area is 252 Å². The second kappa shape index (κ2) is 13.2. The minimum Gasteiger partial charge on any atom is -0.472 e. The molecular formula is C29H31F7N6O3. The maximum Gasteiger partial charge on any atom is 0.389 e. The third-order valence-corrected chi connectivity index (χ3v) is 7.92. The molecule has 2 saturated carbocycles. The van der Waals surface area contributed by atoms with E-state index in [9.17, 15) is 40.3 Å². The number of carbonyl (C=O) groups excluding carboxylic acids is 2. The minimum atomic E-state index is -4.46. The molecule has 2 fully saturated rings. The first kappa shape index (κ1) is 32.4. The van der Waals surface area contributed by atoms with Crippen LogP contribution in [0, 0.1) is 11.8 Å². The van der Waals surface area contributed by atoms with Gasteiger partial charge in [-0.2, -0.15) is 18.3 Å². The molecule has 2 atom stereocenters. The number of pyridine rings is 1. The number of imidazole rings is 1. The first-order valence-corrected chi connectivity index (χ1v) is 14.5. The van der Waals surface area contributed by atoms with Crippen LogP contribution in [0.2, 0.25) is 0 Å².